The number of hydrogen-bond acceptors (Lipinski definition) is 5. The van der Waals surface area contributed by atoms with Gasteiger partial charge in [-0.2, -0.15) is 5.10 Å². The van der Waals surface area contributed by atoms with E-state index in [1.807, 2.05) is 42.0 Å². The van der Waals surface area contributed by atoms with E-state index in [1.54, 1.807) is 13.4 Å². The van der Waals surface area contributed by atoms with Gasteiger partial charge in [-0.1, -0.05) is 18.2 Å². The van der Waals surface area contributed by atoms with Gasteiger partial charge >= 0.3 is 0 Å². The lowest BCUT2D eigenvalue weighted by Crippen LogP contribution is -2.51. The van der Waals surface area contributed by atoms with Crippen LogP contribution in [0.15, 0.2) is 65.7 Å². The van der Waals surface area contributed by atoms with E-state index in [-0.39, 0.29) is 5.82 Å². The molecule has 2 aliphatic heterocycles. The topological polar surface area (TPSA) is 54.7 Å². The van der Waals surface area contributed by atoms with Crippen molar-refractivity contribution in [2.24, 2.45) is 5.10 Å². The highest BCUT2D eigenvalue weighted by Crippen LogP contribution is 2.36. The smallest absolute Gasteiger partial charge is 0.153 e. The molecule has 3 heterocycles. The molecule has 0 saturated carbocycles. The molecule has 2 aromatic carbocycles. The summed E-state index contributed by atoms with van der Waals surface area (Å²) < 4.78 is 21.1. The van der Waals surface area contributed by atoms with Crippen molar-refractivity contribution in [3.05, 3.63) is 83.2 Å². The van der Waals surface area contributed by atoms with Gasteiger partial charge in [-0.05, 0) is 73.7 Å². The molecule has 7 heteroatoms. The van der Waals surface area contributed by atoms with Crippen molar-refractivity contribution >= 4 is 11.9 Å². The Balaban J connectivity index is 1.45. The molecule has 3 aromatic rings. The van der Waals surface area contributed by atoms with Crippen LogP contribution < -0.4 is 10.2 Å². The van der Waals surface area contributed by atoms with Crippen molar-refractivity contribution in [1.82, 2.24) is 19.9 Å². The molecular weight excluding hydrogens is 405 g/mol. The summed E-state index contributed by atoms with van der Waals surface area (Å²) in [6, 6.07) is 12.8. The summed E-state index contributed by atoms with van der Waals surface area (Å²) in [5.41, 5.74) is 7.91. The summed E-state index contributed by atoms with van der Waals surface area (Å²) in [6.07, 6.45) is 7.91. The van der Waals surface area contributed by atoms with Crippen LogP contribution in [0.3, 0.4) is 0 Å². The van der Waals surface area contributed by atoms with Crippen molar-refractivity contribution in [2.45, 2.75) is 32.4 Å². The maximum absolute atomic E-state index is 13.4. The number of piperidine rings is 1. The van der Waals surface area contributed by atoms with Gasteiger partial charge in [0.2, 0.25) is 0 Å². The fraction of sp³-hybridized carbons (Fsp3) is 0.280. The number of ether oxygens (including phenoxy) is 1. The summed E-state index contributed by atoms with van der Waals surface area (Å²) >= 11 is 0. The number of amidine groups is 1. The number of benzene rings is 2. The first-order valence-electron chi connectivity index (χ1n) is 10.8. The Bertz CT molecular complexity index is 1210. The number of hydrogen-bond donors (Lipinski definition) is 1. The predicted octanol–water partition coefficient (Wildman–Crippen LogP) is 4.60. The maximum atomic E-state index is 13.4. The van der Waals surface area contributed by atoms with Gasteiger partial charge in [0, 0.05) is 12.7 Å². The zero-order chi connectivity index (χ0) is 22.3. The van der Waals surface area contributed by atoms with Crippen LogP contribution in [0.1, 0.15) is 36.6 Å². The van der Waals surface area contributed by atoms with E-state index >= 15 is 0 Å². The lowest BCUT2D eigenvalue weighted by molar-refractivity contribution is 0.171. The van der Waals surface area contributed by atoms with Gasteiger partial charge in [-0.25, -0.2) is 9.37 Å². The molecule has 6 nitrogen and oxygen atoms in total. The molecule has 2 aliphatic rings. The zero-order valence-electron chi connectivity index (χ0n) is 18.5. The molecule has 0 amide bonds. The summed E-state index contributed by atoms with van der Waals surface area (Å²) in [7, 11) is 1.68. The summed E-state index contributed by atoms with van der Waals surface area (Å²) in [4.78, 5) is 6.58. The van der Waals surface area contributed by atoms with Gasteiger partial charge in [0.1, 0.15) is 11.6 Å². The zero-order valence-corrected chi connectivity index (χ0v) is 18.5. The van der Waals surface area contributed by atoms with E-state index in [0.29, 0.717) is 0 Å². The lowest BCUT2D eigenvalue weighted by Gasteiger charge is -2.40. The van der Waals surface area contributed by atoms with Gasteiger partial charge < -0.3 is 14.2 Å². The summed E-state index contributed by atoms with van der Waals surface area (Å²) in [5, 5.41) is 4.68. The number of nitrogens with zero attached hydrogens (tertiary/aromatic N) is 4. The number of fused-ring (bicyclic) bond motifs is 1. The molecule has 0 spiro atoms. The second-order valence-electron chi connectivity index (χ2n) is 8.40. The Labute approximate surface area is 187 Å². The first-order chi connectivity index (χ1) is 15.5. The summed E-state index contributed by atoms with van der Waals surface area (Å²) in [6.45, 7) is 4.94. The van der Waals surface area contributed by atoms with E-state index in [4.69, 9.17) is 4.74 Å². The molecule has 1 atom stereocenters. The van der Waals surface area contributed by atoms with Crippen LogP contribution in [-0.2, 0) is 5.66 Å². The van der Waals surface area contributed by atoms with E-state index in [0.717, 1.165) is 53.5 Å². The Hall–Kier alpha value is -3.61. The molecule has 0 radical (unpaired) electrons. The first-order valence-corrected chi connectivity index (χ1v) is 10.8. The molecule has 1 fully saturated rings. The molecule has 5 rings (SSSR count). The number of rotatable bonds is 4. The highest BCUT2D eigenvalue weighted by molar-refractivity contribution is 6.04. The molecule has 1 unspecified atom stereocenters. The van der Waals surface area contributed by atoms with Gasteiger partial charge in [-0.15, -0.1) is 0 Å². The van der Waals surface area contributed by atoms with Gasteiger partial charge in [-0.3, -0.25) is 5.43 Å². The number of nitrogens with one attached hydrogen (secondary N) is 1. The molecule has 1 saturated heterocycles. The Morgan fingerprint density at radius 2 is 2.00 bits per heavy atom. The largest absolute Gasteiger partial charge is 0.495 e. The van der Waals surface area contributed by atoms with Crippen LogP contribution in [0.2, 0.25) is 0 Å². The van der Waals surface area contributed by atoms with E-state index in [1.165, 1.54) is 17.7 Å². The summed E-state index contributed by atoms with van der Waals surface area (Å²) in [5.74, 6) is 1.49. The number of hydrazone groups is 1. The first kappa shape index (κ1) is 20.3. The predicted molar refractivity (Wildman–Crippen MR) is 123 cm³/mol. The minimum atomic E-state index is -0.497. The fourth-order valence-electron chi connectivity index (χ4n) is 4.49. The number of aryl methyl sites for hydroxylation is 1. The molecule has 32 heavy (non-hydrogen) atoms. The van der Waals surface area contributed by atoms with Crippen LogP contribution in [0.25, 0.3) is 11.8 Å². The molecular formula is C25H26FN5O. The maximum Gasteiger partial charge on any atom is 0.153 e. The SMILES string of the molecule is COc1cc(/C=C2\CCCN3C2=NNC3(C)c2ccc(F)cc2)ccc1-n1cnc(C)c1. The highest BCUT2D eigenvalue weighted by Gasteiger charge is 2.42. The Kier molecular flexibility index (Phi) is 4.96. The minimum absolute atomic E-state index is 0.237. The van der Waals surface area contributed by atoms with Crippen LogP contribution in [0, 0.1) is 12.7 Å². The van der Waals surface area contributed by atoms with Gasteiger partial charge in [0.15, 0.2) is 11.5 Å². The van der Waals surface area contributed by atoms with E-state index in [9.17, 15) is 4.39 Å². The highest BCUT2D eigenvalue weighted by atomic mass is 19.1. The fourth-order valence-corrected chi connectivity index (χ4v) is 4.49. The van der Waals surface area contributed by atoms with Crippen molar-refractivity contribution < 1.29 is 9.13 Å². The van der Waals surface area contributed by atoms with E-state index in [2.05, 4.69) is 39.5 Å². The van der Waals surface area contributed by atoms with Crippen LogP contribution in [0.5, 0.6) is 5.75 Å². The number of halogens is 1. The molecule has 1 aromatic heterocycles. The second kappa shape index (κ2) is 7.82. The molecule has 0 aliphatic carbocycles. The third-order valence-electron chi connectivity index (χ3n) is 6.23. The van der Waals surface area contributed by atoms with Crippen LogP contribution in [0.4, 0.5) is 4.39 Å². The molecule has 164 valence electrons. The van der Waals surface area contributed by atoms with Crippen LogP contribution >= 0.6 is 0 Å². The third kappa shape index (κ3) is 3.43. The van der Waals surface area contributed by atoms with Gasteiger partial charge in [0.05, 0.1) is 24.8 Å². The quantitative estimate of drug-likeness (QED) is 0.656. The molecule has 1 N–H and O–H groups in total. The average Bonchev–Trinajstić information content (AvgIpc) is 3.39. The van der Waals surface area contributed by atoms with Crippen molar-refractivity contribution in [1.29, 1.82) is 0 Å². The number of imidazole rings is 1. The van der Waals surface area contributed by atoms with Crippen LogP contribution in [-0.4, -0.2) is 33.9 Å². The standard InChI is InChI=1S/C25H26FN5O/c1-17-15-30(16-27-17)22-11-6-18(14-23(22)32-3)13-19-5-4-12-31-24(19)28-29-25(31,2)20-7-9-21(26)10-8-20/h6-11,13-16,29H,4-5,12H2,1-3H3/b19-13+. The van der Waals surface area contributed by atoms with Crippen molar-refractivity contribution in [2.75, 3.05) is 13.7 Å². The van der Waals surface area contributed by atoms with Crippen molar-refractivity contribution in [3.8, 4) is 11.4 Å². The Morgan fingerprint density at radius 1 is 1.19 bits per heavy atom. The lowest BCUT2D eigenvalue weighted by atomic mass is 9.94. The second-order valence-corrected chi connectivity index (χ2v) is 8.40. The minimum Gasteiger partial charge on any atom is -0.495 e. The van der Waals surface area contributed by atoms with E-state index < -0.39 is 5.66 Å². The van der Waals surface area contributed by atoms with Gasteiger partial charge in [0.25, 0.3) is 0 Å². The average molecular weight is 432 g/mol. The number of aromatic nitrogens is 2. The molecule has 0 bridgehead atoms. The van der Waals surface area contributed by atoms with Crippen molar-refractivity contribution in [3.63, 3.8) is 0 Å². The normalized spacial score (nSPS) is 21.3. The number of methoxy groups -OCH3 is 1. The monoisotopic (exact) mass is 431 g/mol. The Morgan fingerprint density at radius 3 is 2.72 bits per heavy atom. The third-order valence-corrected chi connectivity index (χ3v) is 6.23.